The summed E-state index contributed by atoms with van der Waals surface area (Å²) in [6, 6.07) is 0. The van der Waals surface area contributed by atoms with Crippen LogP contribution in [-0.2, 0) is 0 Å². The Labute approximate surface area is 76.5 Å². The molecule has 4 N–H and O–H groups in total. The molecule has 0 saturated carbocycles. The van der Waals surface area contributed by atoms with E-state index in [9.17, 15) is 0 Å². The molecule has 0 atom stereocenters. The zero-order valence-electron chi connectivity index (χ0n) is 2.67. The molecule has 6 heavy (non-hydrogen) atoms. The molecule has 0 rings (SSSR count). The predicted molar refractivity (Wildman–Crippen MR) is 14.6 cm³/mol. The maximum atomic E-state index is 7.33. The van der Waals surface area contributed by atoms with Gasteiger partial charge in [-0.3, -0.25) is 0 Å². The topological polar surface area (TPSA) is 80.9 Å². The van der Waals surface area contributed by atoms with E-state index >= 15 is 0 Å². The molecule has 1 radical (unpaired) electrons. The van der Waals surface area contributed by atoms with Gasteiger partial charge in [0, 0.05) is 49.4 Å². The van der Waals surface area contributed by atoms with Crippen LogP contribution < -0.4 is 0 Å². The Morgan fingerprint density at radius 3 is 0.833 bits per heavy atom. The first-order valence-electron chi connectivity index (χ1n) is 0.894. The fraction of sp³-hybridized carbons (Fsp3) is 0. The number of rotatable bonds is 0. The summed E-state index contributed by atoms with van der Waals surface area (Å²) in [5.74, 6) is 0. The molecular weight excluding hydrogens is 244 g/mol. The van der Waals surface area contributed by atoms with Crippen molar-refractivity contribution < 1.29 is 68.6 Å². The van der Waals surface area contributed by atoms with Crippen molar-refractivity contribution in [1.29, 1.82) is 0 Å². The van der Waals surface area contributed by atoms with Crippen LogP contribution in [0.1, 0.15) is 0 Å². The normalized spacial score (nSPS) is 10.0. The van der Waals surface area contributed by atoms with E-state index in [0.29, 0.717) is 0 Å². The van der Waals surface area contributed by atoms with Crippen molar-refractivity contribution in [2.75, 3.05) is 0 Å². The third kappa shape index (κ3) is 45.1. The number of hydrogen-bond acceptors (Lipinski definition) is 4. The second kappa shape index (κ2) is 3.62. The molecule has 0 aliphatic carbocycles. The van der Waals surface area contributed by atoms with Gasteiger partial charge in [-0.05, 0) is 0 Å². The summed E-state index contributed by atoms with van der Waals surface area (Å²) in [6.45, 7) is 0. The molecule has 0 spiro atoms. The molecule has 0 aromatic heterocycles. The minimum absolute atomic E-state index is 0. The average Bonchev–Trinajstić information content (AvgIpc) is 0.722. The van der Waals surface area contributed by atoms with Crippen LogP contribution in [0.5, 0.6) is 0 Å². The van der Waals surface area contributed by atoms with Crippen molar-refractivity contribution in [2.45, 2.75) is 0 Å². The van der Waals surface area contributed by atoms with E-state index in [1.807, 2.05) is 0 Å². The van der Waals surface area contributed by atoms with Gasteiger partial charge in [0.1, 0.15) is 0 Å². The molecule has 0 aliphatic rings. The first-order chi connectivity index (χ1) is 2.00. The Kier molecular flexibility index (Phi) is 6.39. The fourth-order valence-corrected chi connectivity index (χ4v) is 0. The molecule has 0 unspecified atom stereocenters. The minimum Gasteiger partial charge on any atom is -0.368 e. The van der Waals surface area contributed by atoms with E-state index in [1.165, 1.54) is 0 Å². The Hall–Kier alpha value is 1.64. The van der Waals surface area contributed by atoms with Crippen molar-refractivity contribution in [3.05, 3.63) is 0 Å². The third-order valence-corrected chi connectivity index (χ3v) is 0. The molecule has 4 nitrogen and oxygen atoms in total. The van der Waals surface area contributed by atoms with E-state index in [0.717, 1.165) is 0 Å². The fourth-order valence-electron chi connectivity index (χ4n) is 0. The maximum absolute atomic E-state index is 7.33. The smallest absolute Gasteiger partial charge is 0.368 e. The van der Waals surface area contributed by atoms with Crippen molar-refractivity contribution >= 4 is 9.05 Å². The van der Waals surface area contributed by atoms with E-state index in [2.05, 4.69) is 0 Å². The molecule has 39 valence electrons. The van der Waals surface area contributed by atoms with Gasteiger partial charge in [-0.2, -0.15) is 0 Å². The molecule has 0 aromatic rings. The molecule has 0 bridgehead atoms. The van der Waals surface area contributed by atoms with Crippen LogP contribution in [0.4, 0.5) is 0 Å². The van der Waals surface area contributed by atoms with Gasteiger partial charge in [0.25, 0.3) is 0 Å². The summed E-state index contributed by atoms with van der Waals surface area (Å²) >= 11 is 0. The molecule has 0 amide bonds. The van der Waals surface area contributed by atoms with Crippen LogP contribution in [0.25, 0.3) is 0 Å². The van der Waals surface area contributed by atoms with Crippen LogP contribution in [0.3, 0.4) is 0 Å². The average molecular weight is 248 g/mol. The molecule has 6 heteroatoms. The van der Waals surface area contributed by atoms with Crippen molar-refractivity contribution in [3.8, 4) is 0 Å². The Balaban J connectivity index is 0. The van der Waals surface area contributed by atoms with Crippen LogP contribution in [-0.4, -0.2) is 28.2 Å². The molecule has 0 fully saturated rings. The predicted octanol–water partition coefficient (Wildman–Crippen LogP) is -2.61. The first-order valence-corrected chi connectivity index (χ1v) is 2.68. The summed E-state index contributed by atoms with van der Waals surface area (Å²) in [5, 5.41) is 0. The van der Waals surface area contributed by atoms with Gasteiger partial charge < -0.3 is 19.2 Å². The van der Waals surface area contributed by atoms with Gasteiger partial charge >= 0.3 is 9.05 Å². The van der Waals surface area contributed by atoms with Gasteiger partial charge in [-0.1, -0.05) is 0 Å². The zero-order chi connectivity index (χ0) is 4.50. The third-order valence-electron chi connectivity index (χ3n) is 0. The van der Waals surface area contributed by atoms with Crippen LogP contribution >= 0.6 is 0 Å². The molecule has 0 saturated heterocycles. The summed E-state index contributed by atoms with van der Waals surface area (Å²) in [6.07, 6.45) is 0. The monoisotopic (exact) mass is 249 g/mol. The van der Waals surface area contributed by atoms with Gasteiger partial charge in [0.05, 0.1) is 0 Å². The number of hydrogen-bond donors (Lipinski definition) is 4. The SMILES string of the molecule is O[Si](O)(O)O.[Eu]. The van der Waals surface area contributed by atoms with Crippen LogP contribution in [0.2, 0.25) is 0 Å². The first kappa shape index (κ1) is 10.6. The quantitative estimate of drug-likeness (QED) is 0.354. The van der Waals surface area contributed by atoms with Gasteiger partial charge in [-0.15, -0.1) is 0 Å². The van der Waals surface area contributed by atoms with E-state index in [-0.39, 0.29) is 49.4 Å². The van der Waals surface area contributed by atoms with E-state index in [4.69, 9.17) is 19.2 Å². The van der Waals surface area contributed by atoms with Crippen LogP contribution in [0, 0.1) is 49.4 Å². The van der Waals surface area contributed by atoms with Crippen LogP contribution in [0.15, 0.2) is 0 Å². The standard InChI is InChI=1S/Eu.H4O4Si/c;1-5(2,3)4/h;1-4H. The van der Waals surface area contributed by atoms with Crippen molar-refractivity contribution in [1.82, 2.24) is 0 Å². The molecule has 0 aliphatic heterocycles. The zero-order valence-corrected chi connectivity index (χ0v) is 6.09. The second-order valence-corrected chi connectivity index (χ2v) is 1.80. The van der Waals surface area contributed by atoms with Gasteiger partial charge in [-0.25, -0.2) is 0 Å². The summed E-state index contributed by atoms with van der Waals surface area (Å²) in [5.41, 5.74) is 0. The van der Waals surface area contributed by atoms with Gasteiger partial charge in [0.15, 0.2) is 0 Å². The van der Waals surface area contributed by atoms with E-state index < -0.39 is 9.05 Å². The van der Waals surface area contributed by atoms with Crippen molar-refractivity contribution in [2.24, 2.45) is 0 Å². The summed E-state index contributed by atoms with van der Waals surface area (Å²) in [4.78, 5) is 29.3. The molecule has 0 aromatic carbocycles. The summed E-state index contributed by atoms with van der Waals surface area (Å²) in [7, 11) is -4.61. The van der Waals surface area contributed by atoms with Gasteiger partial charge in [0.2, 0.25) is 0 Å². The maximum Gasteiger partial charge on any atom is 0.668 e. The minimum atomic E-state index is -4.61. The second-order valence-electron chi connectivity index (χ2n) is 0.600. The van der Waals surface area contributed by atoms with E-state index in [1.54, 1.807) is 0 Å². The summed E-state index contributed by atoms with van der Waals surface area (Å²) < 4.78 is 0. The Morgan fingerprint density at radius 1 is 0.833 bits per heavy atom. The largest absolute Gasteiger partial charge is 0.668 e. The van der Waals surface area contributed by atoms with Crippen molar-refractivity contribution in [3.63, 3.8) is 0 Å². The Bertz CT molecular complexity index is 23.0. The Morgan fingerprint density at radius 2 is 0.833 bits per heavy atom. The molecule has 0 heterocycles. The molecular formula is H4EuO4Si.